The topological polar surface area (TPSA) is 119 Å². The van der Waals surface area contributed by atoms with Crippen LogP contribution >= 0.6 is 0 Å². The fraction of sp³-hybridized carbons (Fsp3) is 0.519. The number of halogens is 2. The number of para-hydroxylation sites is 1. The van der Waals surface area contributed by atoms with Crippen LogP contribution in [0, 0.1) is 17.6 Å². The van der Waals surface area contributed by atoms with Crippen molar-refractivity contribution in [3.63, 3.8) is 0 Å². The number of carbonyl (C=O) groups excluding carboxylic acids is 1. The molecule has 0 aliphatic heterocycles. The lowest BCUT2D eigenvalue weighted by Crippen LogP contribution is -2.26. The van der Waals surface area contributed by atoms with Crippen molar-refractivity contribution < 1.29 is 28.2 Å². The van der Waals surface area contributed by atoms with Crippen LogP contribution in [0.4, 0.5) is 20.4 Å². The zero-order valence-electron chi connectivity index (χ0n) is 21.0. The van der Waals surface area contributed by atoms with Gasteiger partial charge in [-0.1, -0.05) is 18.9 Å². The molecule has 2 saturated carbocycles. The fourth-order valence-electron chi connectivity index (χ4n) is 5.52. The molecule has 11 heteroatoms. The second-order valence-corrected chi connectivity index (χ2v) is 10.2. The Bertz CT molecular complexity index is 1300. The quantitative estimate of drug-likeness (QED) is 0.352. The number of benzene rings is 1. The number of esters is 1. The highest BCUT2D eigenvalue weighted by Gasteiger charge is 2.27. The van der Waals surface area contributed by atoms with E-state index < -0.39 is 23.6 Å². The number of ether oxygens (including phenoxy) is 1. The van der Waals surface area contributed by atoms with Crippen LogP contribution in [-0.2, 0) is 20.7 Å². The molecule has 2 aromatic heterocycles. The summed E-state index contributed by atoms with van der Waals surface area (Å²) in [6.45, 7) is 0. The minimum Gasteiger partial charge on any atom is -0.481 e. The maximum atomic E-state index is 14.4. The first-order chi connectivity index (χ1) is 18.4. The van der Waals surface area contributed by atoms with Crippen LogP contribution in [-0.4, -0.2) is 42.7 Å². The van der Waals surface area contributed by atoms with Crippen molar-refractivity contribution in [3.8, 4) is 0 Å². The Hall–Kier alpha value is -3.63. The van der Waals surface area contributed by atoms with Gasteiger partial charge in [-0.25, -0.2) is 23.7 Å². The Labute approximate surface area is 218 Å². The molecule has 0 radical (unpaired) electrons. The van der Waals surface area contributed by atoms with E-state index in [0.29, 0.717) is 48.1 Å². The zero-order valence-corrected chi connectivity index (χ0v) is 21.0. The van der Waals surface area contributed by atoms with Crippen molar-refractivity contribution in [2.75, 3.05) is 5.32 Å². The summed E-state index contributed by atoms with van der Waals surface area (Å²) < 4.78 is 36.1. The molecule has 0 unspecified atom stereocenters. The third kappa shape index (κ3) is 5.92. The Morgan fingerprint density at radius 1 is 1.03 bits per heavy atom. The van der Waals surface area contributed by atoms with E-state index in [1.165, 1.54) is 18.2 Å². The van der Waals surface area contributed by atoms with Gasteiger partial charge in [-0.2, -0.15) is 0 Å². The van der Waals surface area contributed by atoms with Crippen molar-refractivity contribution in [1.29, 1.82) is 0 Å². The molecule has 0 amide bonds. The van der Waals surface area contributed by atoms with E-state index in [9.17, 15) is 18.4 Å². The molecular weight excluding hydrogens is 496 g/mol. The molecule has 38 heavy (non-hydrogen) atoms. The summed E-state index contributed by atoms with van der Waals surface area (Å²) in [5.74, 6) is -1.50. The van der Waals surface area contributed by atoms with Gasteiger partial charge in [-0.05, 0) is 56.6 Å². The fourth-order valence-corrected chi connectivity index (χ4v) is 5.52. The summed E-state index contributed by atoms with van der Waals surface area (Å²) in [6.07, 6.45) is 8.95. The van der Waals surface area contributed by atoms with E-state index in [1.54, 1.807) is 6.20 Å². The summed E-state index contributed by atoms with van der Waals surface area (Å²) in [6, 6.07) is 3.87. The number of anilines is 2. The molecule has 202 valence electrons. The number of carbonyl (C=O) groups is 2. The number of fused-ring (bicyclic) bond motifs is 1. The molecule has 2 N–H and O–H groups in total. The molecule has 0 atom stereocenters. The third-order valence-corrected chi connectivity index (χ3v) is 7.48. The molecule has 1 aromatic carbocycles. The molecule has 5 rings (SSSR count). The lowest BCUT2D eigenvalue weighted by molar-refractivity contribution is -0.153. The first-order valence-electron chi connectivity index (χ1n) is 13.2. The van der Waals surface area contributed by atoms with E-state index in [2.05, 4.69) is 15.3 Å². The number of hydrogen-bond acceptors (Lipinski definition) is 7. The standard InChI is InChI=1S/C27H31F2N5O4/c28-19-6-3-7-20(29)25(19)33-27-31-21-15-30-22(32-26(21)34(27)17-4-1-2-5-17)14-16-8-10-18(11-9-16)38-24(37)13-12-23(35)36/h3,6-7,15-18H,1-2,4-5,8-14H2,(H,31,33)(H,35,36). The summed E-state index contributed by atoms with van der Waals surface area (Å²) in [4.78, 5) is 36.5. The van der Waals surface area contributed by atoms with Crippen molar-refractivity contribution in [2.45, 2.75) is 82.8 Å². The number of imidazole rings is 1. The molecule has 9 nitrogen and oxygen atoms in total. The van der Waals surface area contributed by atoms with E-state index in [0.717, 1.165) is 38.5 Å². The Balaban J connectivity index is 1.30. The first kappa shape index (κ1) is 26.0. The minimum atomic E-state index is -1.01. The number of nitrogens with one attached hydrogen (secondary N) is 1. The Morgan fingerprint density at radius 2 is 1.74 bits per heavy atom. The zero-order chi connectivity index (χ0) is 26.6. The lowest BCUT2D eigenvalue weighted by atomic mass is 9.85. The number of nitrogens with zero attached hydrogens (tertiary/aromatic N) is 4. The van der Waals surface area contributed by atoms with Gasteiger partial charge < -0.3 is 15.2 Å². The number of aromatic nitrogens is 4. The SMILES string of the molecule is O=C(O)CCC(=O)OC1CCC(Cc2ncc3nc(Nc4c(F)cccc4F)n(C4CCCC4)c3n2)CC1. The normalized spacial score (nSPS) is 20.1. The monoisotopic (exact) mass is 527 g/mol. The van der Waals surface area contributed by atoms with Crippen molar-refractivity contribution in [2.24, 2.45) is 5.92 Å². The summed E-state index contributed by atoms with van der Waals surface area (Å²) in [7, 11) is 0. The molecule has 2 heterocycles. The number of rotatable bonds is 9. The van der Waals surface area contributed by atoms with Crippen molar-refractivity contribution >= 4 is 34.7 Å². The van der Waals surface area contributed by atoms with E-state index in [4.69, 9.17) is 14.8 Å². The summed E-state index contributed by atoms with van der Waals surface area (Å²) >= 11 is 0. The summed E-state index contributed by atoms with van der Waals surface area (Å²) in [5, 5.41) is 11.6. The van der Waals surface area contributed by atoms with Gasteiger partial charge in [0.1, 0.15) is 34.8 Å². The van der Waals surface area contributed by atoms with Crippen LogP contribution in [0.1, 0.15) is 76.1 Å². The average Bonchev–Trinajstić information content (AvgIpc) is 3.53. The van der Waals surface area contributed by atoms with Crippen molar-refractivity contribution in [1.82, 2.24) is 19.5 Å². The van der Waals surface area contributed by atoms with Gasteiger partial charge in [0.05, 0.1) is 19.0 Å². The van der Waals surface area contributed by atoms with Gasteiger partial charge >= 0.3 is 11.9 Å². The minimum absolute atomic E-state index is 0.113. The molecule has 2 aliphatic rings. The first-order valence-corrected chi connectivity index (χ1v) is 13.2. The van der Waals surface area contributed by atoms with Crippen LogP contribution in [0.25, 0.3) is 11.2 Å². The van der Waals surface area contributed by atoms with E-state index in [-0.39, 0.29) is 30.7 Å². The molecule has 2 fully saturated rings. The predicted molar refractivity (Wildman–Crippen MR) is 135 cm³/mol. The van der Waals surface area contributed by atoms with Gasteiger partial charge in [0, 0.05) is 12.5 Å². The summed E-state index contributed by atoms with van der Waals surface area (Å²) in [5.41, 5.74) is 0.981. The van der Waals surface area contributed by atoms with Gasteiger partial charge in [0.25, 0.3) is 0 Å². The van der Waals surface area contributed by atoms with Crippen LogP contribution in [0.3, 0.4) is 0 Å². The Morgan fingerprint density at radius 3 is 2.42 bits per heavy atom. The van der Waals surface area contributed by atoms with Gasteiger partial charge in [0.2, 0.25) is 5.95 Å². The van der Waals surface area contributed by atoms with Crippen LogP contribution in [0.15, 0.2) is 24.4 Å². The number of carboxylic acids is 1. The van der Waals surface area contributed by atoms with Crippen LogP contribution in [0.5, 0.6) is 0 Å². The molecular formula is C27H31F2N5O4. The second-order valence-electron chi connectivity index (χ2n) is 10.2. The largest absolute Gasteiger partial charge is 0.481 e. The second kappa shape index (κ2) is 11.4. The molecule has 2 aliphatic carbocycles. The van der Waals surface area contributed by atoms with Crippen LogP contribution < -0.4 is 5.32 Å². The highest BCUT2D eigenvalue weighted by Crippen LogP contribution is 2.36. The number of aliphatic carboxylic acids is 1. The molecule has 0 spiro atoms. The smallest absolute Gasteiger partial charge is 0.306 e. The number of hydrogen-bond donors (Lipinski definition) is 2. The van der Waals surface area contributed by atoms with Crippen LogP contribution in [0.2, 0.25) is 0 Å². The highest BCUT2D eigenvalue weighted by molar-refractivity contribution is 5.77. The van der Waals surface area contributed by atoms with Gasteiger partial charge in [-0.3, -0.25) is 14.2 Å². The van der Waals surface area contributed by atoms with Gasteiger partial charge in [-0.15, -0.1) is 0 Å². The van der Waals surface area contributed by atoms with E-state index >= 15 is 0 Å². The molecule has 3 aromatic rings. The van der Waals surface area contributed by atoms with E-state index in [1.807, 2.05) is 4.57 Å². The predicted octanol–water partition coefficient (Wildman–Crippen LogP) is 5.47. The van der Waals surface area contributed by atoms with Gasteiger partial charge in [0.15, 0.2) is 5.65 Å². The Kier molecular flexibility index (Phi) is 7.80. The average molecular weight is 528 g/mol. The lowest BCUT2D eigenvalue weighted by Gasteiger charge is -2.28. The third-order valence-electron chi connectivity index (χ3n) is 7.48. The number of carboxylic acid groups (broad SMARTS) is 1. The van der Waals surface area contributed by atoms with Crippen molar-refractivity contribution in [3.05, 3.63) is 41.9 Å². The molecule has 0 bridgehead atoms. The maximum Gasteiger partial charge on any atom is 0.306 e. The maximum absolute atomic E-state index is 14.4. The highest BCUT2D eigenvalue weighted by atomic mass is 19.1. The molecule has 0 saturated heterocycles.